The summed E-state index contributed by atoms with van der Waals surface area (Å²) in [7, 11) is 0. The van der Waals surface area contributed by atoms with E-state index < -0.39 is 4.92 Å². The zero-order chi connectivity index (χ0) is 22.1. The molecular formula is C21H20N6O4. The Balaban J connectivity index is 1.62. The number of carbonyl (C=O) groups excluding carboxylic acids is 1. The highest BCUT2D eigenvalue weighted by Crippen LogP contribution is 2.20. The molecule has 0 saturated carbocycles. The van der Waals surface area contributed by atoms with Gasteiger partial charge in [0.05, 0.1) is 27.3 Å². The van der Waals surface area contributed by atoms with Crippen molar-refractivity contribution in [3.05, 3.63) is 80.9 Å². The summed E-state index contributed by atoms with van der Waals surface area (Å²) >= 11 is 0. The fourth-order valence-electron chi connectivity index (χ4n) is 3.56. The minimum atomic E-state index is -0.481. The van der Waals surface area contributed by atoms with Gasteiger partial charge in [-0.15, -0.1) is 0 Å². The number of non-ortho nitro benzene ring substituents is 1. The molecular weight excluding hydrogens is 400 g/mol. The van der Waals surface area contributed by atoms with E-state index in [1.165, 1.54) is 21.4 Å². The molecule has 0 bridgehead atoms. The Morgan fingerprint density at radius 2 is 1.74 bits per heavy atom. The Labute approximate surface area is 176 Å². The smallest absolute Gasteiger partial charge is 0.309 e. The van der Waals surface area contributed by atoms with Crippen LogP contribution in [0, 0.1) is 17.0 Å². The van der Waals surface area contributed by atoms with E-state index in [4.69, 9.17) is 0 Å². The molecule has 4 rings (SSSR count). The van der Waals surface area contributed by atoms with Gasteiger partial charge < -0.3 is 5.32 Å². The fraction of sp³-hybridized carbons (Fsp3) is 0.190. The average molecular weight is 420 g/mol. The lowest BCUT2D eigenvalue weighted by Gasteiger charge is -2.09. The average Bonchev–Trinajstić information content (AvgIpc) is 3.25. The van der Waals surface area contributed by atoms with E-state index in [0.717, 1.165) is 5.52 Å². The second-order valence-electron chi connectivity index (χ2n) is 7.01. The predicted molar refractivity (Wildman–Crippen MR) is 115 cm³/mol. The molecule has 2 heterocycles. The van der Waals surface area contributed by atoms with Gasteiger partial charge in [-0.05, 0) is 38.1 Å². The molecule has 0 spiro atoms. The van der Waals surface area contributed by atoms with Crippen molar-refractivity contribution in [3.63, 3.8) is 0 Å². The molecule has 2 aromatic carbocycles. The molecule has 0 atom stereocenters. The maximum absolute atomic E-state index is 12.8. The molecule has 0 unspecified atom stereocenters. The lowest BCUT2D eigenvalue weighted by molar-refractivity contribution is -0.384. The normalized spacial score (nSPS) is 11.0. The molecule has 0 aliphatic carbocycles. The van der Waals surface area contributed by atoms with Crippen LogP contribution in [0.5, 0.6) is 0 Å². The van der Waals surface area contributed by atoms with Crippen molar-refractivity contribution in [2.75, 3.05) is 5.32 Å². The zero-order valence-electron chi connectivity index (χ0n) is 17.0. The molecule has 1 N–H and O–H groups in total. The topological polar surface area (TPSA) is 117 Å². The summed E-state index contributed by atoms with van der Waals surface area (Å²) in [5.74, 6) is 0.0211. The first-order valence-corrected chi connectivity index (χ1v) is 9.68. The second-order valence-corrected chi connectivity index (χ2v) is 7.01. The fourth-order valence-corrected chi connectivity index (χ4v) is 3.56. The minimum Gasteiger partial charge on any atom is -0.309 e. The molecule has 1 amide bonds. The van der Waals surface area contributed by atoms with Gasteiger partial charge in [-0.3, -0.25) is 24.0 Å². The number of aryl methyl sites for hydroxylation is 2. The summed E-state index contributed by atoms with van der Waals surface area (Å²) in [6.45, 7) is 4.00. The van der Waals surface area contributed by atoms with Crippen LogP contribution in [-0.4, -0.2) is 29.7 Å². The summed E-state index contributed by atoms with van der Waals surface area (Å²) in [5.41, 5.74) is 2.39. The number of fused-ring (bicyclic) bond motifs is 1. The third kappa shape index (κ3) is 3.70. The highest BCUT2D eigenvalue weighted by molar-refractivity contribution is 5.91. The number of nitro groups is 1. The molecule has 0 fully saturated rings. The van der Waals surface area contributed by atoms with Crippen molar-refractivity contribution in [1.82, 2.24) is 18.9 Å². The lowest BCUT2D eigenvalue weighted by atomic mass is 10.3. The van der Waals surface area contributed by atoms with E-state index in [2.05, 4.69) is 10.4 Å². The summed E-state index contributed by atoms with van der Waals surface area (Å²) in [6.07, 6.45) is 0. The Bertz CT molecular complexity index is 1350. The summed E-state index contributed by atoms with van der Waals surface area (Å²) in [6, 6.07) is 14.9. The van der Waals surface area contributed by atoms with Gasteiger partial charge in [-0.25, -0.2) is 9.48 Å². The maximum Gasteiger partial charge on any atom is 0.329 e. The van der Waals surface area contributed by atoms with Crippen molar-refractivity contribution >= 4 is 28.4 Å². The van der Waals surface area contributed by atoms with Gasteiger partial charge in [-0.1, -0.05) is 12.1 Å². The summed E-state index contributed by atoms with van der Waals surface area (Å²) in [5, 5.41) is 18.0. The number of hydrogen-bond donors (Lipinski definition) is 1. The monoisotopic (exact) mass is 420 g/mol. The quantitative estimate of drug-likeness (QED) is 0.380. The van der Waals surface area contributed by atoms with Gasteiger partial charge in [0.1, 0.15) is 12.4 Å². The van der Waals surface area contributed by atoms with Crippen LogP contribution < -0.4 is 11.0 Å². The number of imidazole rings is 1. The molecule has 4 aromatic rings. The van der Waals surface area contributed by atoms with Gasteiger partial charge in [0.2, 0.25) is 5.91 Å². The van der Waals surface area contributed by atoms with Crippen LogP contribution in [0.2, 0.25) is 0 Å². The third-order valence-corrected chi connectivity index (χ3v) is 4.95. The van der Waals surface area contributed by atoms with Crippen molar-refractivity contribution in [2.24, 2.45) is 0 Å². The first kappa shape index (κ1) is 20.1. The molecule has 0 aliphatic rings. The molecule has 10 heteroatoms. The Kier molecular flexibility index (Phi) is 5.12. The SMILES string of the molecule is CCn1c(=O)n(CC(=O)Nc2cc(C)nn2-c2ccc([N+](=O)[O-])cc2)c2ccccc21. The Morgan fingerprint density at radius 1 is 1.10 bits per heavy atom. The number of aromatic nitrogens is 4. The molecule has 2 aromatic heterocycles. The van der Waals surface area contributed by atoms with Crippen molar-refractivity contribution in [1.29, 1.82) is 0 Å². The highest BCUT2D eigenvalue weighted by atomic mass is 16.6. The molecule has 158 valence electrons. The van der Waals surface area contributed by atoms with Crippen LogP contribution in [0.4, 0.5) is 11.5 Å². The van der Waals surface area contributed by atoms with E-state index in [1.807, 2.05) is 25.1 Å². The Morgan fingerprint density at radius 3 is 2.35 bits per heavy atom. The number of hydrogen-bond acceptors (Lipinski definition) is 5. The van der Waals surface area contributed by atoms with Crippen LogP contribution in [0.1, 0.15) is 12.6 Å². The van der Waals surface area contributed by atoms with Crippen LogP contribution in [0.3, 0.4) is 0 Å². The maximum atomic E-state index is 12.8. The van der Waals surface area contributed by atoms with Crippen LogP contribution >= 0.6 is 0 Å². The summed E-state index contributed by atoms with van der Waals surface area (Å²) < 4.78 is 4.55. The van der Waals surface area contributed by atoms with Crippen LogP contribution in [0.15, 0.2) is 59.4 Å². The van der Waals surface area contributed by atoms with Gasteiger partial charge in [0, 0.05) is 24.7 Å². The number of benzene rings is 2. The molecule has 0 saturated heterocycles. The predicted octanol–water partition coefficient (Wildman–Crippen LogP) is 2.86. The van der Waals surface area contributed by atoms with E-state index in [-0.39, 0.29) is 23.8 Å². The number of nitro benzene ring substituents is 1. The number of carbonyl (C=O) groups is 1. The van der Waals surface area contributed by atoms with Crippen molar-refractivity contribution in [3.8, 4) is 5.69 Å². The van der Waals surface area contributed by atoms with E-state index in [9.17, 15) is 19.7 Å². The highest BCUT2D eigenvalue weighted by Gasteiger charge is 2.17. The number of rotatable bonds is 6. The largest absolute Gasteiger partial charge is 0.329 e. The van der Waals surface area contributed by atoms with Gasteiger partial charge in [-0.2, -0.15) is 5.10 Å². The third-order valence-electron chi connectivity index (χ3n) is 4.95. The van der Waals surface area contributed by atoms with Crippen LogP contribution in [0.25, 0.3) is 16.7 Å². The van der Waals surface area contributed by atoms with E-state index in [1.54, 1.807) is 35.8 Å². The number of nitrogens with zero attached hydrogens (tertiary/aromatic N) is 5. The van der Waals surface area contributed by atoms with Gasteiger partial charge in [0.15, 0.2) is 0 Å². The first-order chi connectivity index (χ1) is 14.9. The van der Waals surface area contributed by atoms with Crippen LogP contribution in [-0.2, 0) is 17.9 Å². The number of anilines is 1. The Hall–Kier alpha value is -4.21. The molecule has 10 nitrogen and oxygen atoms in total. The first-order valence-electron chi connectivity index (χ1n) is 9.68. The van der Waals surface area contributed by atoms with Crippen molar-refractivity contribution in [2.45, 2.75) is 26.9 Å². The molecule has 31 heavy (non-hydrogen) atoms. The molecule has 0 aliphatic heterocycles. The van der Waals surface area contributed by atoms with E-state index >= 15 is 0 Å². The second kappa shape index (κ2) is 7.90. The molecule has 0 radical (unpaired) electrons. The van der Waals surface area contributed by atoms with Gasteiger partial charge in [0.25, 0.3) is 5.69 Å². The zero-order valence-corrected chi connectivity index (χ0v) is 17.0. The summed E-state index contributed by atoms with van der Waals surface area (Å²) in [4.78, 5) is 36.0. The standard InChI is InChI=1S/C21H20N6O4/c1-3-24-17-6-4-5-7-18(17)25(21(24)29)13-20(28)22-19-12-14(2)23-26(19)15-8-10-16(11-9-15)27(30)31/h4-12H,3,13H2,1-2H3,(H,22,28). The lowest BCUT2D eigenvalue weighted by Crippen LogP contribution is -2.29. The number of amides is 1. The van der Waals surface area contributed by atoms with E-state index in [0.29, 0.717) is 29.3 Å². The van der Waals surface area contributed by atoms with Gasteiger partial charge >= 0.3 is 5.69 Å². The van der Waals surface area contributed by atoms with Crippen molar-refractivity contribution < 1.29 is 9.72 Å². The number of nitrogens with one attached hydrogen (secondary N) is 1. The number of para-hydroxylation sites is 2. The minimum absolute atomic E-state index is 0.0371.